The summed E-state index contributed by atoms with van der Waals surface area (Å²) in [6, 6.07) is 6.13. The van der Waals surface area contributed by atoms with Crippen LogP contribution in [0.3, 0.4) is 0 Å². The third-order valence-corrected chi connectivity index (χ3v) is 2.07. The van der Waals surface area contributed by atoms with Crippen LogP contribution in [0.25, 0.3) is 0 Å². The quantitative estimate of drug-likeness (QED) is 0.633. The van der Waals surface area contributed by atoms with Crippen LogP contribution in [-0.2, 0) is 0 Å². The van der Waals surface area contributed by atoms with Gasteiger partial charge >= 0.3 is 0 Å². The van der Waals surface area contributed by atoms with Gasteiger partial charge in [0.1, 0.15) is 17.7 Å². The Kier molecular flexibility index (Phi) is 2.30. The highest BCUT2D eigenvalue weighted by Crippen LogP contribution is 2.18. The number of benzene rings is 1. The molecule has 13 heavy (non-hydrogen) atoms. The molecule has 0 heterocycles. The summed E-state index contributed by atoms with van der Waals surface area (Å²) in [5.74, 6) is 0.507. The van der Waals surface area contributed by atoms with Gasteiger partial charge in [-0.15, -0.1) is 0 Å². The topological polar surface area (TPSA) is 9.23 Å². The first-order chi connectivity index (χ1) is 6.34. The largest absolute Gasteiger partial charge is 0.486 e. The van der Waals surface area contributed by atoms with Crippen molar-refractivity contribution in [1.29, 1.82) is 0 Å². The van der Waals surface area contributed by atoms with Gasteiger partial charge in [-0.25, -0.2) is 4.39 Å². The molecule has 0 saturated heterocycles. The monoisotopic (exact) mass is 178 g/mol. The van der Waals surface area contributed by atoms with Crippen LogP contribution in [0.2, 0.25) is 0 Å². The average Bonchev–Trinajstić information content (AvgIpc) is 2.62. The Morgan fingerprint density at radius 2 is 2.00 bits per heavy atom. The smallest absolute Gasteiger partial charge is 0.123 e. The molecule has 0 aliphatic heterocycles. The first-order valence-electron chi connectivity index (χ1n) is 4.43. The van der Waals surface area contributed by atoms with Crippen molar-refractivity contribution >= 4 is 0 Å². The van der Waals surface area contributed by atoms with Gasteiger partial charge in [-0.3, -0.25) is 0 Å². The molecule has 0 amide bonds. The molecular weight excluding hydrogens is 167 g/mol. The molecule has 1 aliphatic rings. The third-order valence-electron chi connectivity index (χ3n) is 2.07. The van der Waals surface area contributed by atoms with E-state index in [9.17, 15) is 4.39 Å². The number of hydrogen-bond acceptors (Lipinski definition) is 1. The van der Waals surface area contributed by atoms with Gasteiger partial charge in [-0.1, -0.05) is 6.08 Å². The average molecular weight is 178 g/mol. The Morgan fingerprint density at radius 1 is 1.23 bits per heavy atom. The zero-order valence-electron chi connectivity index (χ0n) is 7.24. The van der Waals surface area contributed by atoms with Crippen LogP contribution in [0.15, 0.2) is 36.4 Å². The van der Waals surface area contributed by atoms with Gasteiger partial charge in [0, 0.05) is 0 Å². The molecule has 1 aromatic carbocycles. The van der Waals surface area contributed by atoms with Crippen LogP contribution in [0, 0.1) is 5.82 Å². The second-order valence-electron chi connectivity index (χ2n) is 3.12. The number of hydrogen-bond donors (Lipinski definition) is 0. The van der Waals surface area contributed by atoms with Crippen LogP contribution in [0.1, 0.15) is 12.8 Å². The van der Waals surface area contributed by atoms with Crippen LogP contribution in [0.5, 0.6) is 5.75 Å². The number of halogens is 1. The molecule has 0 saturated carbocycles. The van der Waals surface area contributed by atoms with Crippen molar-refractivity contribution in [3.05, 3.63) is 42.2 Å². The zero-order valence-corrected chi connectivity index (χ0v) is 7.24. The lowest BCUT2D eigenvalue weighted by Crippen LogP contribution is -2.09. The maximum absolute atomic E-state index is 12.5. The normalized spacial score (nSPS) is 20.5. The molecule has 0 radical (unpaired) electrons. The maximum atomic E-state index is 12.5. The van der Waals surface area contributed by atoms with Crippen molar-refractivity contribution in [2.75, 3.05) is 0 Å². The summed E-state index contributed by atoms with van der Waals surface area (Å²) < 4.78 is 18.1. The SMILES string of the molecule is Fc1ccc(O[C@H]2C=CCC2)cc1. The summed E-state index contributed by atoms with van der Waals surface area (Å²) in [7, 11) is 0. The zero-order chi connectivity index (χ0) is 9.10. The van der Waals surface area contributed by atoms with Gasteiger partial charge in [0.15, 0.2) is 0 Å². The summed E-state index contributed by atoms with van der Waals surface area (Å²) in [4.78, 5) is 0. The van der Waals surface area contributed by atoms with E-state index in [-0.39, 0.29) is 11.9 Å². The minimum absolute atomic E-state index is 0.172. The van der Waals surface area contributed by atoms with E-state index in [1.54, 1.807) is 12.1 Å². The molecule has 0 fully saturated rings. The van der Waals surface area contributed by atoms with Crippen LogP contribution < -0.4 is 4.74 Å². The Morgan fingerprint density at radius 3 is 2.62 bits per heavy atom. The molecule has 0 aromatic heterocycles. The van der Waals surface area contributed by atoms with Crippen molar-refractivity contribution in [1.82, 2.24) is 0 Å². The fourth-order valence-electron chi connectivity index (χ4n) is 1.39. The molecule has 1 aromatic rings. The lowest BCUT2D eigenvalue weighted by atomic mass is 10.3. The molecule has 0 unspecified atom stereocenters. The second-order valence-corrected chi connectivity index (χ2v) is 3.12. The van der Waals surface area contributed by atoms with Crippen molar-refractivity contribution in [3.63, 3.8) is 0 Å². The van der Waals surface area contributed by atoms with E-state index < -0.39 is 0 Å². The van der Waals surface area contributed by atoms with E-state index in [1.165, 1.54) is 12.1 Å². The van der Waals surface area contributed by atoms with Gasteiger partial charge in [0.25, 0.3) is 0 Å². The summed E-state index contributed by atoms with van der Waals surface area (Å²) >= 11 is 0. The Balaban J connectivity index is 2.01. The molecule has 68 valence electrons. The van der Waals surface area contributed by atoms with E-state index in [0.717, 1.165) is 18.6 Å². The van der Waals surface area contributed by atoms with Crippen molar-refractivity contribution in [2.45, 2.75) is 18.9 Å². The predicted octanol–water partition coefficient (Wildman–Crippen LogP) is 2.92. The van der Waals surface area contributed by atoms with Gasteiger partial charge in [0.2, 0.25) is 0 Å². The predicted molar refractivity (Wildman–Crippen MR) is 49.2 cm³/mol. The van der Waals surface area contributed by atoms with Gasteiger partial charge in [-0.2, -0.15) is 0 Å². The molecular formula is C11H11FO. The number of allylic oxidation sites excluding steroid dienone is 1. The first kappa shape index (κ1) is 8.30. The van der Waals surface area contributed by atoms with E-state index in [1.807, 2.05) is 6.08 Å². The number of rotatable bonds is 2. The molecule has 0 bridgehead atoms. The van der Waals surface area contributed by atoms with E-state index in [4.69, 9.17) is 4.74 Å². The third kappa shape index (κ3) is 2.08. The lowest BCUT2D eigenvalue weighted by Gasteiger charge is -2.11. The van der Waals surface area contributed by atoms with E-state index >= 15 is 0 Å². The minimum Gasteiger partial charge on any atom is -0.486 e. The number of ether oxygens (including phenoxy) is 1. The fourth-order valence-corrected chi connectivity index (χ4v) is 1.39. The van der Waals surface area contributed by atoms with Crippen molar-refractivity contribution in [2.24, 2.45) is 0 Å². The van der Waals surface area contributed by atoms with Crippen LogP contribution >= 0.6 is 0 Å². The fraction of sp³-hybridized carbons (Fsp3) is 0.273. The van der Waals surface area contributed by atoms with E-state index in [0.29, 0.717) is 0 Å². The van der Waals surface area contributed by atoms with Gasteiger partial charge in [0.05, 0.1) is 0 Å². The first-order valence-corrected chi connectivity index (χ1v) is 4.43. The lowest BCUT2D eigenvalue weighted by molar-refractivity contribution is 0.248. The Hall–Kier alpha value is -1.31. The highest BCUT2D eigenvalue weighted by atomic mass is 19.1. The summed E-state index contributed by atoms with van der Waals surface area (Å²) in [6.07, 6.45) is 6.42. The Labute approximate surface area is 76.8 Å². The molecule has 2 rings (SSSR count). The molecule has 1 aliphatic carbocycles. The van der Waals surface area contributed by atoms with Crippen LogP contribution in [0.4, 0.5) is 4.39 Å². The maximum Gasteiger partial charge on any atom is 0.123 e. The van der Waals surface area contributed by atoms with Crippen molar-refractivity contribution < 1.29 is 9.13 Å². The minimum atomic E-state index is -0.227. The van der Waals surface area contributed by atoms with E-state index in [2.05, 4.69) is 6.08 Å². The second kappa shape index (κ2) is 3.60. The standard InChI is InChI=1S/C11H11FO/c12-9-5-7-11(8-6-9)13-10-3-1-2-4-10/h1,3,5-8,10H,2,4H2/t10-/m0/s1. The molecule has 0 spiro atoms. The highest BCUT2D eigenvalue weighted by molar-refractivity contribution is 5.23. The van der Waals surface area contributed by atoms with Crippen LogP contribution in [-0.4, -0.2) is 6.10 Å². The summed E-state index contributed by atoms with van der Waals surface area (Å²) in [5.41, 5.74) is 0. The summed E-state index contributed by atoms with van der Waals surface area (Å²) in [6.45, 7) is 0. The molecule has 2 heteroatoms. The Bertz CT molecular complexity index is 302. The molecule has 0 N–H and O–H groups in total. The van der Waals surface area contributed by atoms with Crippen molar-refractivity contribution in [3.8, 4) is 5.75 Å². The molecule has 1 nitrogen and oxygen atoms in total. The van der Waals surface area contributed by atoms with Gasteiger partial charge in [-0.05, 0) is 43.2 Å². The summed E-state index contributed by atoms with van der Waals surface area (Å²) in [5, 5.41) is 0. The highest BCUT2D eigenvalue weighted by Gasteiger charge is 2.09. The van der Waals surface area contributed by atoms with Gasteiger partial charge < -0.3 is 4.74 Å². The molecule has 1 atom stereocenters.